The van der Waals surface area contributed by atoms with E-state index in [9.17, 15) is 9.59 Å². The van der Waals surface area contributed by atoms with E-state index in [0.717, 1.165) is 36.3 Å². The average Bonchev–Trinajstić information content (AvgIpc) is 3.23. The van der Waals surface area contributed by atoms with E-state index in [1.807, 2.05) is 50.8 Å². The summed E-state index contributed by atoms with van der Waals surface area (Å²) in [5.74, 6) is 0.0856. The van der Waals surface area contributed by atoms with Crippen LogP contribution in [0.25, 0.3) is 11.3 Å². The van der Waals surface area contributed by atoms with Gasteiger partial charge in [0.15, 0.2) is 11.5 Å². The Bertz CT molecular complexity index is 898. The number of hydrogen-bond donors (Lipinski definition) is 1. The molecular formula is C23H32N4O3. The quantitative estimate of drug-likeness (QED) is 0.789. The number of rotatable bonds is 6. The van der Waals surface area contributed by atoms with Gasteiger partial charge in [0, 0.05) is 37.8 Å². The van der Waals surface area contributed by atoms with Crippen molar-refractivity contribution in [3.63, 3.8) is 0 Å². The van der Waals surface area contributed by atoms with Crippen LogP contribution in [0.1, 0.15) is 42.4 Å². The van der Waals surface area contributed by atoms with Crippen molar-refractivity contribution >= 4 is 11.8 Å². The first-order valence-corrected chi connectivity index (χ1v) is 10.7. The van der Waals surface area contributed by atoms with Gasteiger partial charge in [-0.05, 0) is 37.9 Å². The second-order valence-electron chi connectivity index (χ2n) is 8.35. The van der Waals surface area contributed by atoms with Gasteiger partial charge in [-0.3, -0.25) is 9.59 Å². The Kier molecular flexibility index (Phi) is 6.92. The van der Waals surface area contributed by atoms with Crippen LogP contribution in [0.15, 0.2) is 28.8 Å². The molecule has 0 radical (unpaired) electrons. The molecule has 7 nitrogen and oxygen atoms in total. The Morgan fingerprint density at radius 3 is 2.47 bits per heavy atom. The van der Waals surface area contributed by atoms with Crippen LogP contribution in [0.3, 0.4) is 0 Å². The lowest BCUT2D eigenvalue weighted by Crippen LogP contribution is -2.56. The molecule has 1 aromatic carbocycles. The van der Waals surface area contributed by atoms with Gasteiger partial charge in [-0.25, -0.2) is 0 Å². The normalized spacial score (nSPS) is 16.0. The van der Waals surface area contributed by atoms with Crippen LogP contribution in [-0.4, -0.2) is 65.5 Å². The largest absolute Gasteiger partial charge is 0.355 e. The number of nitrogens with one attached hydrogen (secondary N) is 1. The minimum Gasteiger partial charge on any atom is -0.355 e. The molecule has 1 aromatic heterocycles. The Labute approximate surface area is 178 Å². The van der Waals surface area contributed by atoms with E-state index in [2.05, 4.69) is 22.3 Å². The van der Waals surface area contributed by atoms with Crippen LogP contribution in [0.4, 0.5) is 0 Å². The first-order chi connectivity index (χ1) is 14.3. The van der Waals surface area contributed by atoms with E-state index in [1.165, 1.54) is 0 Å². The van der Waals surface area contributed by atoms with Gasteiger partial charge in [-0.15, -0.1) is 0 Å². The molecule has 1 aliphatic heterocycles. The first kappa shape index (κ1) is 22.0. The lowest BCUT2D eigenvalue weighted by atomic mass is 10.0. The molecule has 0 bridgehead atoms. The van der Waals surface area contributed by atoms with Crippen molar-refractivity contribution in [2.75, 3.05) is 32.7 Å². The maximum absolute atomic E-state index is 13.1. The zero-order valence-electron chi connectivity index (χ0n) is 18.6. The van der Waals surface area contributed by atoms with Crippen molar-refractivity contribution in [3.8, 4) is 11.3 Å². The minimum atomic E-state index is -0.591. The van der Waals surface area contributed by atoms with Crippen molar-refractivity contribution in [1.82, 2.24) is 20.3 Å². The molecule has 1 fully saturated rings. The molecule has 162 valence electrons. The van der Waals surface area contributed by atoms with Gasteiger partial charge in [0.05, 0.1) is 0 Å². The van der Waals surface area contributed by atoms with Gasteiger partial charge in [-0.1, -0.05) is 43.6 Å². The van der Waals surface area contributed by atoms with Crippen LogP contribution in [-0.2, 0) is 4.79 Å². The highest BCUT2D eigenvalue weighted by atomic mass is 16.5. The second-order valence-corrected chi connectivity index (χ2v) is 8.35. The zero-order valence-corrected chi connectivity index (χ0v) is 18.6. The Balaban J connectivity index is 1.71. The van der Waals surface area contributed by atoms with Crippen molar-refractivity contribution < 1.29 is 14.1 Å². The Morgan fingerprint density at radius 2 is 1.83 bits per heavy atom. The summed E-state index contributed by atoms with van der Waals surface area (Å²) in [6.45, 7) is 14.1. The maximum Gasteiger partial charge on any atom is 0.274 e. The first-order valence-electron chi connectivity index (χ1n) is 10.7. The number of hydrogen-bond acceptors (Lipinski definition) is 5. The third-order valence-electron chi connectivity index (χ3n) is 5.75. The molecule has 1 atom stereocenters. The summed E-state index contributed by atoms with van der Waals surface area (Å²) in [4.78, 5) is 30.1. The summed E-state index contributed by atoms with van der Waals surface area (Å²) >= 11 is 0. The van der Waals surface area contributed by atoms with Crippen LogP contribution in [0.2, 0.25) is 0 Å². The van der Waals surface area contributed by atoms with E-state index in [0.29, 0.717) is 18.8 Å². The smallest absolute Gasteiger partial charge is 0.274 e. The number of aryl methyl sites for hydroxylation is 2. The monoisotopic (exact) mass is 412 g/mol. The number of amides is 2. The molecule has 1 aliphatic rings. The molecule has 2 heterocycles. The maximum atomic E-state index is 13.1. The molecule has 1 N–H and O–H groups in total. The van der Waals surface area contributed by atoms with Gasteiger partial charge >= 0.3 is 0 Å². The Morgan fingerprint density at radius 1 is 1.13 bits per heavy atom. The van der Waals surface area contributed by atoms with E-state index >= 15 is 0 Å². The summed E-state index contributed by atoms with van der Waals surface area (Å²) < 4.78 is 5.44. The number of nitrogens with zero attached hydrogens (tertiary/aromatic N) is 3. The molecule has 2 amide bonds. The number of likely N-dealkylation sites (N-methyl/N-ethyl adjacent to an activating group) is 1. The van der Waals surface area contributed by atoms with Crippen molar-refractivity contribution in [3.05, 3.63) is 41.1 Å². The molecule has 1 saturated heterocycles. The van der Waals surface area contributed by atoms with Gasteiger partial charge in [0.2, 0.25) is 5.91 Å². The van der Waals surface area contributed by atoms with Crippen molar-refractivity contribution in [2.45, 2.75) is 40.7 Å². The van der Waals surface area contributed by atoms with Gasteiger partial charge in [-0.2, -0.15) is 0 Å². The Hall–Kier alpha value is -2.67. The van der Waals surface area contributed by atoms with Gasteiger partial charge < -0.3 is 19.6 Å². The standard InChI is InChI=1S/C23H32N4O3/c1-6-26-9-11-27(12-10-26)23(29)21(15(2)3)24-22(28)19-14-20(30-25-19)18-13-16(4)7-8-17(18)5/h7-8,13-15,21H,6,9-12H2,1-5H3,(H,24,28). The third-order valence-corrected chi connectivity index (χ3v) is 5.75. The molecule has 0 spiro atoms. The van der Waals surface area contributed by atoms with E-state index in [-0.39, 0.29) is 17.5 Å². The van der Waals surface area contributed by atoms with E-state index in [1.54, 1.807) is 6.07 Å². The van der Waals surface area contributed by atoms with Crippen molar-refractivity contribution in [2.24, 2.45) is 5.92 Å². The summed E-state index contributed by atoms with van der Waals surface area (Å²) in [7, 11) is 0. The molecule has 30 heavy (non-hydrogen) atoms. The van der Waals surface area contributed by atoms with Crippen LogP contribution in [0, 0.1) is 19.8 Å². The molecule has 2 aromatic rings. The topological polar surface area (TPSA) is 78.7 Å². The zero-order chi connectivity index (χ0) is 21.8. The number of carbonyl (C=O) groups excluding carboxylic acids is 2. The van der Waals surface area contributed by atoms with E-state index < -0.39 is 11.9 Å². The lowest BCUT2D eigenvalue weighted by molar-refractivity contribution is -0.136. The summed E-state index contributed by atoms with van der Waals surface area (Å²) in [6.07, 6.45) is 0. The summed E-state index contributed by atoms with van der Waals surface area (Å²) in [5, 5.41) is 6.83. The van der Waals surface area contributed by atoms with Gasteiger partial charge in [0.1, 0.15) is 6.04 Å². The average molecular weight is 413 g/mol. The fourth-order valence-corrected chi connectivity index (χ4v) is 3.72. The number of aromatic nitrogens is 1. The fraction of sp³-hybridized carbons (Fsp3) is 0.522. The van der Waals surface area contributed by atoms with Crippen LogP contribution < -0.4 is 5.32 Å². The molecule has 0 aliphatic carbocycles. The molecule has 0 saturated carbocycles. The van der Waals surface area contributed by atoms with Crippen LogP contribution in [0.5, 0.6) is 0 Å². The highest BCUT2D eigenvalue weighted by Gasteiger charge is 2.31. The van der Waals surface area contributed by atoms with E-state index in [4.69, 9.17) is 4.52 Å². The number of piperazine rings is 1. The highest BCUT2D eigenvalue weighted by molar-refractivity contribution is 5.96. The second kappa shape index (κ2) is 9.43. The third kappa shape index (κ3) is 4.90. The molecule has 1 unspecified atom stereocenters. The number of benzene rings is 1. The van der Waals surface area contributed by atoms with Crippen LogP contribution >= 0.6 is 0 Å². The minimum absolute atomic E-state index is 0.0314. The SMILES string of the molecule is CCN1CCN(C(=O)C(NC(=O)c2cc(-c3cc(C)ccc3C)on2)C(C)C)CC1. The molecule has 3 rings (SSSR count). The van der Waals surface area contributed by atoms with Gasteiger partial charge in [0.25, 0.3) is 5.91 Å². The molecular weight excluding hydrogens is 380 g/mol. The highest BCUT2D eigenvalue weighted by Crippen LogP contribution is 2.25. The predicted molar refractivity (Wildman–Crippen MR) is 116 cm³/mol. The summed E-state index contributed by atoms with van der Waals surface area (Å²) in [6, 6.07) is 7.10. The fourth-order valence-electron chi connectivity index (χ4n) is 3.72. The predicted octanol–water partition coefficient (Wildman–Crippen LogP) is 2.88. The molecule has 7 heteroatoms. The number of carbonyl (C=O) groups is 2. The van der Waals surface area contributed by atoms with Crippen molar-refractivity contribution in [1.29, 1.82) is 0 Å². The summed E-state index contributed by atoms with van der Waals surface area (Å²) in [5.41, 5.74) is 3.24. The lowest BCUT2D eigenvalue weighted by Gasteiger charge is -2.36.